The average molecular weight is 394 g/mol. The molecule has 8 heteroatoms. The number of nitrogens with zero attached hydrogens (tertiary/aromatic N) is 2. The van der Waals surface area contributed by atoms with Crippen molar-refractivity contribution in [3.8, 4) is 28.6 Å². The first-order valence-electron chi connectivity index (χ1n) is 8.79. The maximum atomic E-state index is 11.6. The summed E-state index contributed by atoms with van der Waals surface area (Å²) in [7, 11) is 3.13. The first-order valence-corrected chi connectivity index (χ1v) is 8.79. The summed E-state index contributed by atoms with van der Waals surface area (Å²) in [4.78, 5) is 15.9. The van der Waals surface area contributed by atoms with Gasteiger partial charge in [-0.2, -0.15) is 4.98 Å². The highest BCUT2D eigenvalue weighted by Gasteiger charge is 2.13. The van der Waals surface area contributed by atoms with Gasteiger partial charge in [0.15, 0.2) is 18.1 Å². The Morgan fingerprint density at radius 3 is 2.62 bits per heavy atom. The third kappa shape index (κ3) is 3.77. The molecule has 0 fully saturated rings. The van der Waals surface area contributed by atoms with E-state index in [2.05, 4.69) is 10.1 Å². The average Bonchev–Trinajstić information content (AvgIpc) is 3.20. The fourth-order valence-electron chi connectivity index (χ4n) is 2.95. The summed E-state index contributed by atoms with van der Waals surface area (Å²) >= 11 is 0. The lowest BCUT2D eigenvalue weighted by atomic mass is 10.1. The van der Waals surface area contributed by atoms with Gasteiger partial charge < -0.3 is 23.2 Å². The summed E-state index contributed by atoms with van der Waals surface area (Å²) < 4.78 is 26.7. The largest absolute Gasteiger partial charge is 0.493 e. The van der Waals surface area contributed by atoms with E-state index >= 15 is 0 Å². The number of benzene rings is 2. The molecule has 2 aromatic heterocycles. The lowest BCUT2D eigenvalue weighted by Crippen LogP contribution is -1.99. The van der Waals surface area contributed by atoms with Gasteiger partial charge >= 0.3 is 5.63 Å². The Morgan fingerprint density at radius 2 is 1.83 bits per heavy atom. The highest BCUT2D eigenvalue weighted by molar-refractivity contribution is 5.81. The van der Waals surface area contributed by atoms with Crippen LogP contribution < -0.4 is 19.8 Å². The predicted molar refractivity (Wildman–Crippen MR) is 104 cm³/mol. The van der Waals surface area contributed by atoms with Crippen LogP contribution in [0.1, 0.15) is 11.5 Å². The van der Waals surface area contributed by atoms with Crippen LogP contribution >= 0.6 is 0 Å². The molecule has 0 amide bonds. The van der Waals surface area contributed by atoms with E-state index in [0.717, 1.165) is 16.5 Å². The molecule has 0 saturated carbocycles. The van der Waals surface area contributed by atoms with E-state index in [4.69, 9.17) is 23.2 Å². The van der Waals surface area contributed by atoms with Crippen LogP contribution in [-0.2, 0) is 6.61 Å². The first-order chi connectivity index (χ1) is 14.1. The van der Waals surface area contributed by atoms with Gasteiger partial charge in [0.25, 0.3) is 5.89 Å². The Hall–Kier alpha value is -3.81. The number of ether oxygens (including phenoxy) is 3. The Labute approximate surface area is 165 Å². The van der Waals surface area contributed by atoms with Crippen LogP contribution in [0.25, 0.3) is 22.4 Å². The van der Waals surface area contributed by atoms with Crippen LogP contribution in [0.5, 0.6) is 17.2 Å². The Morgan fingerprint density at radius 1 is 1.00 bits per heavy atom. The van der Waals surface area contributed by atoms with Crippen molar-refractivity contribution >= 4 is 11.0 Å². The summed E-state index contributed by atoms with van der Waals surface area (Å²) in [5.74, 6) is 2.42. The van der Waals surface area contributed by atoms with E-state index < -0.39 is 5.63 Å². The van der Waals surface area contributed by atoms with E-state index in [-0.39, 0.29) is 6.61 Å². The molecule has 0 N–H and O–H groups in total. The molecular weight excluding hydrogens is 376 g/mol. The number of methoxy groups -OCH3 is 2. The maximum absolute atomic E-state index is 11.6. The Balaban J connectivity index is 1.51. The minimum Gasteiger partial charge on any atom is -0.493 e. The third-order valence-electron chi connectivity index (χ3n) is 4.39. The van der Waals surface area contributed by atoms with Gasteiger partial charge in [-0.1, -0.05) is 5.16 Å². The van der Waals surface area contributed by atoms with Crippen LogP contribution in [-0.4, -0.2) is 24.4 Å². The SMILES string of the molecule is COc1ccc(-c2noc(COc3ccc4c(C)cc(=O)oc4c3)n2)cc1OC. The zero-order chi connectivity index (χ0) is 20.4. The summed E-state index contributed by atoms with van der Waals surface area (Å²) in [6, 6.07) is 12.1. The van der Waals surface area contributed by atoms with E-state index in [0.29, 0.717) is 34.5 Å². The quantitative estimate of drug-likeness (QED) is 0.456. The van der Waals surface area contributed by atoms with Gasteiger partial charge in [0.05, 0.1) is 14.2 Å². The van der Waals surface area contributed by atoms with E-state index in [1.54, 1.807) is 38.5 Å². The second-order valence-corrected chi connectivity index (χ2v) is 6.28. The lowest BCUT2D eigenvalue weighted by Gasteiger charge is -2.07. The molecule has 4 rings (SSSR count). The molecule has 2 aromatic carbocycles. The van der Waals surface area contributed by atoms with Gasteiger partial charge in [-0.15, -0.1) is 0 Å². The number of hydrogen-bond donors (Lipinski definition) is 0. The van der Waals surface area contributed by atoms with Gasteiger partial charge in [0, 0.05) is 23.1 Å². The molecule has 0 spiro atoms. The van der Waals surface area contributed by atoms with Gasteiger partial charge in [0.1, 0.15) is 11.3 Å². The molecule has 4 aromatic rings. The van der Waals surface area contributed by atoms with Gasteiger partial charge in [-0.05, 0) is 42.8 Å². The Bertz CT molecular complexity index is 1230. The van der Waals surface area contributed by atoms with Gasteiger partial charge in [-0.3, -0.25) is 0 Å². The minimum absolute atomic E-state index is 0.0713. The highest BCUT2D eigenvalue weighted by atomic mass is 16.5. The molecule has 0 aliphatic rings. The van der Waals surface area contributed by atoms with Gasteiger partial charge in [-0.25, -0.2) is 4.79 Å². The fourth-order valence-corrected chi connectivity index (χ4v) is 2.95. The molecule has 148 valence electrons. The maximum Gasteiger partial charge on any atom is 0.336 e. The van der Waals surface area contributed by atoms with Crippen molar-refractivity contribution in [3.63, 3.8) is 0 Å². The summed E-state index contributed by atoms with van der Waals surface area (Å²) in [5, 5.41) is 4.83. The molecule has 0 radical (unpaired) electrons. The topological polar surface area (TPSA) is 96.8 Å². The van der Waals surface area contributed by atoms with Crippen molar-refractivity contribution in [1.29, 1.82) is 0 Å². The predicted octanol–water partition coefficient (Wildman–Crippen LogP) is 3.75. The molecule has 0 bridgehead atoms. The molecule has 0 saturated heterocycles. The van der Waals surface area contributed by atoms with Crippen LogP contribution in [0.4, 0.5) is 0 Å². The molecular formula is C21H18N2O6. The summed E-state index contributed by atoms with van der Waals surface area (Å²) in [6.45, 7) is 1.93. The van der Waals surface area contributed by atoms with E-state index in [9.17, 15) is 4.79 Å². The highest BCUT2D eigenvalue weighted by Crippen LogP contribution is 2.31. The van der Waals surface area contributed by atoms with Crippen molar-refractivity contribution in [2.45, 2.75) is 13.5 Å². The normalized spacial score (nSPS) is 10.9. The zero-order valence-corrected chi connectivity index (χ0v) is 16.1. The standard InChI is InChI=1S/C21H18N2O6/c1-12-8-20(24)28-17-10-14(5-6-15(12)17)27-11-19-22-21(23-29-19)13-4-7-16(25-2)18(9-13)26-3/h4-10H,11H2,1-3H3. The summed E-state index contributed by atoms with van der Waals surface area (Å²) in [5.41, 5.74) is 1.63. The molecule has 8 nitrogen and oxygen atoms in total. The van der Waals surface area contributed by atoms with Crippen molar-refractivity contribution in [3.05, 3.63) is 64.3 Å². The van der Waals surface area contributed by atoms with E-state index in [1.165, 1.54) is 6.07 Å². The zero-order valence-electron chi connectivity index (χ0n) is 16.1. The number of rotatable bonds is 6. The second-order valence-electron chi connectivity index (χ2n) is 6.28. The molecule has 29 heavy (non-hydrogen) atoms. The Kier molecular flexibility index (Phi) is 4.90. The number of aromatic nitrogens is 2. The van der Waals surface area contributed by atoms with Crippen molar-refractivity contribution in [2.24, 2.45) is 0 Å². The van der Waals surface area contributed by atoms with Crippen LogP contribution in [0, 0.1) is 6.92 Å². The molecule has 0 aliphatic carbocycles. The number of aryl methyl sites for hydroxylation is 1. The first kappa shape index (κ1) is 18.5. The fraction of sp³-hybridized carbons (Fsp3) is 0.190. The van der Waals surface area contributed by atoms with Crippen LogP contribution in [0.3, 0.4) is 0 Å². The molecule has 0 atom stereocenters. The number of hydrogen-bond acceptors (Lipinski definition) is 8. The molecule has 2 heterocycles. The number of fused-ring (bicyclic) bond motifs is 1. The van der Waals surface area contributed by atoms with Crippen molar-refractivity contribution in [2.75, 3.05) is 14.2 Å². The van der Waals surface area contributed by atoms with Crippen LogP contribution in [0.2, 0.25) is 0 Å². The molecule has 0 aliphatic heterocycles. The monoisotopic (exact) mass is 394 g/mol. The van der Waals surface area contributed by atoms with Crippen molar-refractivity contribution < 1.29 is 23.2 Å². The second kappa shape index (κ2) is 7.67. The molecule has 0 unspecified atom stereocenters. The smallest absolute Gasteiger partial charge is 0.336 e. The lowest BCUT2D eigenvalue weighted by molar-refractivity contribution is 0.243. The summed E-state index contributed by atoms with van der Waals surface area (Å²) in [6.07, 6.45) is 0. The van der Waals surface area contributed by atoms with Crippen molar-refractivity contribution in [1.82, 2.24) is 10.1 Å². The minimum atomic E-state index is -0.399. The van der Waals surface area contributed by atoms with E-state index in [1.807, 2.05) is 19.1 Å². The van der Waals surface area contributed by atoms with Crippen LogP contribution in [0.15, 0.2) is 56.2 Å². The third-order valence-corrected chi connectivity index (χ3v) is 4.39. The van der Waals surface area contributed by atoms with Gasteiger partial charge in [0.2, 0.25) is 5.82 Å².